The van der Waals surface area contributed by atoms with Crippen LogP contribution in [0.2, 0.25) is 0 Å². The summed E-state index contributed by atoms with van der Waals surface area (Å²) in [5, 5.41) is 30.1. The van der Waals surface area contributed by atoms with Crippen LogP contribution in [0.5, 0.6) is 11.5 Å². The number of phenolic OH excluding ortho intramolecular Hbond substituents is 2. The molecule has 2 rings (SSSR count). The number of hydrogen-bond acceptors (Lipinski definition) is 6. The molecule has 0 aliphatic heterocycles. The molecule has 0 radical (unpaired) electrons. The van der Waals surface area contributed by atoms with Crippen LogP contribution >= 0.6 is 11.3 Å². The molecule has 1 aromatic heterocycles. The van der Waals surface area contributed by atoms with Gasteiger partial charge in [0.05, 0.1) is 16.6 Å². The zero-order valence-corrected chi connectivity index (χ0v) is 10.9. The van der Waals surface area contributed by atoms with E-state index in [1.807, 2.05) is 0 Å². The molecule has 1 heterocycles. The van der Waals surface area contributed by atoms with Gasteiger partial charge in [-0.1, -0.05) is 23.2 Å². The van der Waals surface area contributed by atoms with Crippen molar-refractivity contribution in [2.75, 3.05) is 11.9 Å². The minimum absolute atomic E-state index is 0.0287. The maximum absolute atomic E-state index is 11.9. The highest BCUT2D eigenvalue weighted by molar-refractivity contribution is 7.16. The predicted octanol–water partition coefficient (Wildman–Crippen LogP) is 1.15. The SMILES string of the molecule is O=C(Nc1ncc(C#CCO)s1)c1ccc(O)cc1O. The number of thiazole rings is 1. The molecule has 0 unspecified atom stereocenters. The summed E-state index contributed by atoms with van der Waals surface area (Å²) in [6, 6.07) is 3.68. The lowest BCUT2D eigenvalue weighted by atomic mass is 10.2. The first-order valence-electron chi connectivity index (χ1n) is 5.49. The molecule has 0 spiro atoms. The maximum atomic E-state index is 11.9. The molecule has 0 saturated heterocycles. The van der Waals surface area contributed by atoms with Crippen LogP contribution in [0, 0.1) is 11.8 Å². The second kappa shape index (κ2) is 6.06. The first kappa shape index (κ1) is 13.9. The van der Waals surface area contributed by atoms with Crippen molar-refractivity contribution in [1.82, 2.24) is 4.98 Å². The number of carbonyl (C=O) groups is 1. The van der Waals surface area contributed by atoms with Gasteiger partial charge in [-0.05, 0) is 12.1 Å². The number of phenols is 2. The zero-order chi connectivity index (χ0) is 14.5. The van der Waals surface area contributed by atoms with Crippen molar-refractivity contribution in [3.63, 3.8) is 0 Å². The average molecular weight is 290 g/mol. The molecule has 7 heteroatoms. The number of amides is 1. The lowest BCUT2D eigenvalue weighted by Crippen LogP contribution is -2.11. The van der Waals surface area contributed by atoms with Gasteiger partial charge in [-0.25, -0.2) is 4.98 Å². The molecule has 2 aromatic rings. The molecule has 0 fully saturated rings. The fraction of sp³-hybridized carbons (Fsp3) is 0.0769. The molecule has 0 atom stereocenters. The molecular weight excluding hydrogens is 280 g/mol. The van der Waals surface area contributed by atoms with Crippen LogP contribution in [0.15, 0.2) is 24.4 Å². The fourth-order valence-electron chi connectivity index (χ4n) is 1.39. The van der Waals surface area contributed by atoms with Gasteiger partial charge < -0.3 is 15.3 Å². The Morgan fingerprint density at radius 3 is 2.90 bits per heavy atom. The highest BCUT2D eigenvalue weighted by Gasteiger charge is 2.13. The predicted molar refractivity (Wildman–Crippen MR) is 73.8 cm³/mol. The van der Waals surface area contributed by atoms with Gasteiger partial charge in [0.15, 0.2) is 5.13 Å². The number of aliphatic hydroxyl groups is 1. The topological polar surface area (TPSA) is 103 Å². The third kappa shape index (κ3) is 3.26. The van der Waals surface area contributed by atoms with E-state index in [-0.39, 0.29) is 23.7 Å². The van der Waals surface area contributed by atoms with Crippen molar-refractivity contribution < 1.29 is 20.1 Å². The molecular formula is C13H10N2O4S. The summed E-state index contributed by atoms with van der Waals surface area (Å²) in [6.07, 6.45) is 1.47. The summed E-state index contributed by atoms with van der Waals surface area (Å²) in [5.41, 5.74) is 0.0287. The smallest absolute Gasteiger partial charge is 0.261 e. The second-order valence-corrected chi connectivity index (χ2v) is 4.68. The highest BCUT2D eigenvalue weighted by Crippen LogP contribution is 2.24. The highest BCUT2D eigenvalue weighted by atomic mass is 32.1. The minimum atomic E-state index is -0.543. The van der Waals surface area contributed by atoms with Crippen molar-refractivity contribution in [2.24, 2.45) is 0 Å². The molecule has 20 heavy (non-hydrogen) atoms. The molecule has 0 bridgehead atoms. The number of anilines is 1. The number of nitrogens with zero attached hydrogens (tertiary/aromatic N) is 1. The molecule has 4 N–H and O–H groups in total. The average Bonchev–Trinajstić information content (AvgIpc) is 2.83. The van der Waals surface area contributed by atoms with Gasteiger partial charge in [-0.15, -0.1) is 0 Å². The minimum Gasteiger partial charge on any atom is -0.508 e. The number of aliphatic hydroxyl groups excluding tert-OH is 1. The molecule has 0 saturated carbocycles. The Morgan fingerprint density at radius 1 is 1.40 bits per heavy atom. The number of aromatic hydroxyl groups is 2. The first-order chi connectivity index (χ1) is 9.60. The van der Waals surface area contributed by atoms with Crippen molar-refractivity contribution >= 4 is 22.4 Å². The van der Waals surface area contributed by atoms with Gasteiger partial charge in [0.25, 0.3) is 5.91 Å². The van der Waals surface area contributed by atoms with Gasteiger partial charge >= 0.3 is 0 Å². The Hall–Kier alpha value is -2.56. The van der Waals surface area contributed by atoms with Crippen LogP contribution in [0.4, 0.5) is 5.13 Å². The number of nitrogens with one attached hydrogen (secondary N) is 1. The molecule has 1 amide bonds. The van der Waals surface area contributed by atoms with E-state index >= 15 is 0 Å². The Kier molecular flexibility index (Phi) is 4.20. The summed E-state index contributed by atoms with van der Waals surface area (Å²) >= 11 is 1.15. The van der Waals surface area contributed by atoms with E-state index in [9.17, 15) is 9.90 Å². The Morgan fingerprint density at radius 2 is 2.20 bits per heavy atom. The lowest BCUT2D eigenvalue weighted by Gasteiger charge is -2.04. The summed E-state index contributed by atoms with van der Waals surface area (Å²) in [5.74, 6) is 4.15. The summed E-state index contributed by atoms with van der Waals surface area (Å²) in [7, 11) is 0. The number of benzene rings is 1. The van der Waals surface area contributed by atoms with Gasteiger partial charge in [0, 0.05) is 6.07 Å². The van der Waals surface area contributed by atoms with Crippen molar-refractivity contribution in [2.45, 2.75) is 0 Å². The van der Waals surface area contributed by atoms with Crippen LogP contribution in [0.1, 0.15) is 15.2 Å². The Bertz CT molecular complexity index is 700. The third-order valence-electron chi connectivity index (χ3n) is 2.24. The van der Waals surface area contributed by atoms with E-state index in [1.165, 1.54) is 18.3 Å². The largest absolute Gasteiger partial charge is 0.508 e. The van der Waals surface area contributed by atoms with E-state index in [4.69, 9.17) is 10.2 Å². The quantitative estimate of drug-likeness (QED) is 0.621. The molecule has 6 nitrogen and oxygen atoms in total. The van der Waals surface area contributed by atoms with E-state index in [0.29, 0.717) is 10.0 Å². The summed E-state index contributed by atoms with van der Waals surface area (Å²) in [6.45, 7) is -0.249. The molecule has 102 valence electrons. The molecule has 0 aliphatic carbocycles. The number of carbonyl (C=O) groups excluding carboxylic acids is 1. The monoisotopic (exact) mass is 290 g/mol. The number of rotatable bonds is 2. The Labute approximate surface area is 118 Å². The Balaban J connectivity index is 2.13. The van der Waals surface area contributed by atoms with Crippen molar-refractivity contribution in [3.05, 3.63) is 34.8 Å². The third-order valence-corrected chi connectivity index (χ3v) is 3.07. The van der Waals surface area contributed by atoms with Crippen LogP contribution in [0.3, 0.4) is 0 Å². The lowest BCUT2D eigenvalue weighted by molar-refractivity contribution is 0.102. The van der Waals surface area contributed by atoms with Crippen LogP contribution in [-0.2, 0) is 0 Å². The van der Waals surface area contributed by atoms with E-state index in [0.717, 1.165) is 17.4 Å². The summed E-state index contributed by atoms with van der Waals surface area (Å²) < 4.78 is 0. The van der Waals surface area contributed by atoms with E-state index < -0.39 is 5.91 Å². The van der Waals surface area contributed by atoms with E-state index in [2.05, 4.69) is 22.1 Å². The maximum Gasteiger partial charge on any atom is 0.261 e. The van der Waals surface area contributed by atoms with Gasteiger partial charge in [0.2, 0.25) is 0 Å². The molecule has 0 aliphatic rings. The molecule has 1 aromatic carbocycles. The standard InChI is InChI=1S/C13H10N2O4S/c16-5-1-2-9-7-14-13(20-9)15-12(19)10-4-3-8(17)6-11(10)18/h3-4,6-7,16-18H,5H2,(H,14,15,19). The number of hydrogen-bond donors (Lipinski definition) is 4. The normalized spacial score (nSPS) is 9.65. The first-order valence-corrected chi connectivity index (χ1v) is 6.30. The van der Waals surface area contributed by atoms with E-state index in [1.54, 1.807) is 0 Å². The number of aromatic nitrogens is 1. The van der Waals surface area contributed by atoms with Crippen LogP contribution in [0.25, 0.3) is 0 Å². The van der Waals surface area contributed by atoms with Gasteiger partial charge in [-0.2, -0.15) is 0 Å². The van der Waals surface area contributed by atoms with Gasteiger partial charge in [0.1, 0.15) is 18.1 Å². The van der Waals surface area contributed by atoms with Crippen LogP contribution in [-0.4, -0.2) is 32.8 Å². The zero-order valence-electron chi connectivity index (χ0n) is 10.1. The second-order valence-electron chi connectivity index (χ2n) is 3.65. The van der Waals surface area contributed by atoms with Crippen molar-refractivity contribution in [3.8, 4) is 23.3 Å². The van der Waals surface area contributed by atoms with Gasteiger partial charge in [-0.3, -0.25) is 10.1 Å². The summed E-state index contributed by atoms with van der Waals surface area (Å²) in [4.78, 5) is 16.5. The van der Waals surface area contributed by atoms with Crippen molar-refractivity contribution in [1.29, 1.82) is 0 Å². The fourth-order valence-corrected chi connectivity index (χ4v) is 2.08. The van der Waals surface area contributed by atoms with Crippen LogP contribution < -0.4 is 5.32 Å².